The van der Waals surface area contributed by atoms with E-state index in [4.69, 9.17) is 4.74 Å². The molecule has 6 nitrogen and oxygen atoms in total. The number of benzene rings is 2. The molecule has 6 heteroatoms. The Bertz CT molecular complexity index is 642. The Labute approximate surface area is 122 Å². The molecule has 0 aliphatic heterocycles. The summed E-state index contributed by atoms with van der Waals surface area (Å²) in [5, 5.41) is 15.1. The lowest BCUT2D eigenvalue weighted by Crippen LogP contribution is -1.99. The quantitative estimate of drug-likeness (QED) is 0.501. The topological polar surface area (TPSA) is 76.8 Å². The molecule has 0 radical (unpaired) electrons. The Hall–Kier alpha value is -2.89. The van der Waals surface area contributed by atoms with E-state index in [2.05, 4.69) is 10.5 Å². The third kappa shape index (κ3) is 4.04. The molecule has 21 heavy (non-hydrogen) atoms. The van der Waals surface area contributed by atoms with Gasteiger partial charge in [0.2, 0.25) is 0 Å². The molecule has 0 heterocycles. The number of hydrogen-bond donors (Lipinski definition) is 1. The summed E-state index contributed by atoms with van der Waals surface area (Å²) in [5.41, 5.74) is 4.24. The van der Waals surface area contributed by atoms with E-state index in [0.717, 1.165) is 5.69 Å². The lowest BCUT2D eigenvalue weighted by Gasteiger charge is -2.04. The van der Waals surface area contributed by atoms with Crippen LogP contribution in [0.4, 0.5) is 11.4 Å². The number of anilines is 1. The summed E-state index contributed by atoms with van der Waals surface area (Å²) in [6.07, 6.45) is 1.52. The average molecular weight is 285 g/mol. The van der Waals surface area contributed by atoms with Crippen LogP contribution in [0.2, 0.25) is 0 Å². The first-order chi connectivity index (χ1) is 10.2. The molecule has 2 aromatic rings. The molecule has 2 aromatic carbocycles. The highest BCUT2D eigenvalue weighted by Crippen LogP contribution is 2.27. The Kier molecular flexibility index (Phi) is 4.87. The van der Waals surface area contributed by atoms with Gasteiger partial charge < -0.3 is 4.74 Å². The molecular formula is C15H15N3O3. The van der Waals surface area contributed by atoms with Gasteiger partial charge in [0.05, 0.1) is 23.4 Å². The average Bonchev–Trinajstić information content (AvgIpc) is 2.50. The maximum Gasteiger partial charge on any atom is 0.311 e. The lowest BCUT2D eigenvalue weighted by molar-refractivity contribution is -0.385. The molecule has 0 unspecified atom stereocenters. The second-order valence-electron chi connectivity index (χ2n) is 4.15. The first kappa shape index (κ1) is 14.5. The van der Waals surface area contributed by atoms with Gasteiger partial charge in [-0.2, -0.15) is 5.10 Å². The fourth-order valence-electron chi connectivity index (χ4n) is 1.73. The van der Waals surface area contributed by atoms with Crippen molar-refractivity contribution in [2.45, 2.75) is 6.92 Å². The molecule has 0 aliphatic rings. The Morgan fingerprint density at radius 1 is 1.29 bits per heavy atom. The normalized spacial score (nSPS) is 10.5. The summed E-state index contributed by atoms with van der Waals surface area (Å²) in [6, 6.07) is 14.2. The van der Waals surface area contributed by atoms with Gasteiger partial charge >= 0.3 is 5.69 Å². The third-order valence-electron chi connectivity index (χ3n) is 2.66. The van der Waals surface area contributed by atoms with Crippen LogP contribution >= 0.6 is 0 Å². The van der Waals surface area contributed by atoms with Crippen LogP contribution < -0.4 is 10.2 Å². The number of hydrogen-bond acceptors (Lipinski definition) is 5. The van der Waals surface area contributed by atoms with E-state index in [0.29, 0.717) is 12.2 Å². The summed E-state index contributed by atoms with van der Waals surface area (Å²) in [7, 11) is 0. The summed E-state index contributed by atoms with van der Waals surface area (Å²) < 4.78 is 5.23. The number of nitrogens with one attached hydrogen (secondary N) is 1. The van der Waals surface area contributed by atoms with Crippen LogP contribution in [-0.2, 0) is 0 Å². The molecule has 0 amide bonds. The van der Waals surface area contributed by atoms with E-state index in [-0.39, 0.29) is 11.4 Å². The van der Waals surface area contributed by atoms with Crippen molar-refractivity contribution in [3.63, 3.8) is 0 Å². The van der Waals surface area contributed by atoms with Crippen molar-refractivity contribution in [3.8, 4) is 5.75 Å². The summed E-state index contributed by atoms with van der Waals surface area (Å²) in [6.45, 7) is 2.16. The molecule has 0 aromatic heterocycles. The van der Waals surface area contributed by atoms with Gasteiger partial charge in [0.15, 0.2) is 5.75 Å². The minimum Gasteiger partial charge on any atom is -0.487 e. The van der Waals surface area contributed by atoms with Gasteiger partial charge in [0, 0.05) is 11.6 Å². The SMILES string of the molecule is CCOc1ccc(/C=N/Nc2ccccc2)cc1[N+](=O)[O-]. The van der Waals surface area contributed by atoms with Gasteiger partial charge in [0.25, 0.3) is 0 Å². The molecule has 1 N–H and O–H groups in total. The van der Waals surface area contributed by atoms with E-state index in [1.165, 1.54) is 12.3 Å². The molecule has 0 atom stereocenters. The molecule has 0 saturated carbocycles. The van der Waals surface area contributed by atoms with Crippen molar-refractivity contribution in [2.75, 3.05) is 12.0 Å². The maximum atomic E-state index is 11.0. The van der Waals surface area contributed by atoms with E-state index < -0.39 is 4.92 Å². The molecule has 0 saturated heterocycles. The highest BCUT2D eigenvalue weighted by molar-refractivity contribution is 5.82. The Morgan fingerprint density at radius 2 is 2.05 bits per heavy atom. The maximum absolute atomic E-state index is 11.0. The number of hydrazone groups is 1. The fourth-order valence-corrected chi connectivity index (χ4v) is 1.73. The molecule has 108 valence electrons. The van der Waals surface area contributed by atoms with Gasteiger partial charge in [-0.3, -0.25) is 15.5 Å². The number of nitro groups is 1. The zero-order chi connectivity index (χ0) is 15.1. The van der Waals surface area contributed by atoms with Crippen LogP contribution in [0, 0.1) is 10.1 Å². The van der Waals surface area contributed by atoms with E-state index in [1.807, 2.05) is 30.3 Å². The minimum atomic E-state index is -0.465. The monoisotopic (exact) mass is 285 g/mol. The zero-order valence-electron chi connectivity index (χ0n) is 11.5. The van der Waals surface area contributed by atoms with Crippen molar-refractivity contribution in [3.05, 3.63) is 64.2 Å². The molecule has 2 rings (SSSR count). The van der Waals surface area contributed by atoms with Crippen molar-refractivity contribution in [1.82, 2.24) is 0 Å². The lowest BCUT2D eigenvalue weighted by atomic mass is 10.2. The molecule has 0 fully saturated rings. The third-order valence-corrected chi connectivity index (χ3v) is 2.66. The van der Waals surface area contributed by atoms with Crippen LogP contribution in [0.15, 0.2) is 53.6 Å². The zero-order valence-corrected chi connectivity index (χ0v) is 11.5. The van der Waals surface area contributed by atoms with Crippen LogP contribution in [0.5, 0.6) is 5.75 Å². The van der Waals surface area contributed by atoms with Gasteiger partial charge in [-0.05, 0) is 31.2 Å². The number of nitro benzene ring substituents is 1. The molecule has 0 aliphatic carbocycles. The van der Waals surface area contributed by atoms with E-state index in [9.17, 15) is 10.1 Å². The van der Waals surface area contributed by atoms with Crippen molar-refractivity contribution < 1.29 is 9.66 Å². The van der Waals surface area contributed by atoms with Crippen LogP contribution in [0.1, 0.15) is 12.5 Å². The summed E-state index contributed by atoms with van der Waals surface area (Å²) >= 11 is 0. The number of nitrogens with zero attached hydrogens (tertiary/aromatic N) is 2. The first-order valence-corrected chi connectivity index (χ1v) is 6.46. The van der Waals surface area contributed by atoms with Gasteiger partial charge in [-0.15, -0.1) is 0 Å². The fraction of sp³-hybridized carbons (Fsp3) is 0.133. The van der Waals surface area contributed by atoms with Crippen molar-refractivity contribution in [1.29, 1.82) is 0 Å². The second-order valence-corrected chi connectivity index (χ2v) is 4.15. The predicted octanol–water partition coefficient (Wildman–Crippen LogP) is 3.44. The largest absolute Gasteiger partial charge is 0.487 e. The van der Waals surface area contributed by atoms with Crippen molar-refractivity contribution >= 4 is 17.6 Å². The molecule has 0 bridgehead atoms. The summed E-state index contributed by atoms with van der Waals surface area (Å²) in [4.78, 5) is 10.5. The second kappa shape index (κ2) is 7.04. The molecular weight excluding hydrogens is 270 g/mol. The van der Waals surface area contributed by atoms with Gasteiger partial charge in [0.1, 0.15) is 0 Å². The molecule has 0 spiro atoms. The minimum absolute atomic E-state index is 0.0690. The van der Waals surface area contributed by atoms with Crippen LogP contribution in [0.3, 0.4) is 0 Å². The van der Waals surface area contributed by atoms with Crippen LogP contribution in [-0.4, -0.2) is 17.7 Å². The highest BCUT2D eigenvalue weighted by atomic mass is 16.6. The van der Waals surface area contributed by atoms with Gasteiger partial charge in [-0.25, -0.2) is 0 Å². The summed E-state index contributed by atoms with van der Waals surface area (Å²) in [5.74, 6) is 0.260. The number of para-hydroxylation sites is 1. The Morgan fingerprint density at radius 3 is 2.71 bits per heavy atom. The smallest absolute Gasteiger partial charge is 0.311 e. The number of ether oxygens (including phenoxy) is 1. The van der Waals surface area contributed by atoms with Crippen molar-refractivity contribution in [2.24, 2.45) is 5.10 Å². The predicted molar refractivity (Wildman–Crippen MR) is 81.9 cm³/mol. The highest BCUT2D eigenvalue weighted by Gasteiger charge is 2.14. The van der Waals surface area contributed by atoms with Gasteiger partial charge in [-0.1, -0.05) is 18.2 Å². The van der Waals surface area contributed by atoms with E-state index >= 15 is 0 Å². The Balaban J connectivity index is 2.13. The van der Waals surface area contributed by atoms with E-state index in [1.54, 1.807) is 19.1 Å². The standard InChI is InChI=1S/C15H15N3O3/c1-2-21-15-9-8-12(10-14(15)18(19)20)11-16-17-13-6-4-3-5-7-13/h3-11,17H,2H2,1H3/b16-11+. The van der Waals surface area contributed by atoms with Crippen LogP contribution in [0.25, 0.3) is 0 Å². The number of rotatable bonds is 6. The first-order valence-electron chi connectivity index (χ1n) is 6.46.